The molecule has 0 amide bonds. The van der Waals surface area contributed by atoms with Crippen molar-refractivity contribution in [3.63, 3.8) is 0 Å². The third-order valence-electron chi connectivity index (χ3n) is 2.95. The second-order valence-electron chi connectivity index (χ2n) is 4.14. The number of hydrogen-bond donors (Lipinski definition) is 2. The van der Waals surface area contributed by atoms with Gasteiger partial charge in [-0.15, -0.1) is 0 Å². The number of nitrogens with one attached hydrogen (secondary N) is 1. The Morgan fingerprint density at radius 3 is 2.81 bits per heavy atom. The van der Waals surface area contributed by atoms with Gasteiger partial charge in [-0.2, -0.15) is 5.10 Å². The Kier molecular flexibility index (Phi) is 6.11. The fourth-order valence-corrected chi connectivity index (χ4v) is 1.99. The van der Waals surface area contributed by atoms with Gasteiger partial charge in [-0.25, -0.2) is 0 Å². The van der Waals surface area contributed by atoms with Gasteiger partial charge in [-0.3, -0.25) is 16.0 Å². The summed E-state index contributed by atoms with van der Waals surface area (Å²) < 4.78 is 2.00. The van der Waals surface area contributed by atoms with E-state index in [4.69, 9.17) is 5.84 Å². The van der Waals surface area contributed by atoms with E-state index in [0.29, 0.717) is 0 Å². The number of nitrogens with zero attached hydrogens (tertiary/aromatic N) is 2. The molecule has 3 N–H and O–H groups in total. The minimum atomic E-state index is 0.235. The topological polar surface area (TPSA) is 55.9 Å². The molecule has 0 radical (unpaired) electrons. The number of nitrogens with two attached hydrogens (primary N) is 1. The van der Waals surface area contributed by atoms with Crippen LogP contribution in [-0.2, 0) is 6.54 Å². The summed E-state index contributed by atoms with van der Waals surface area (Å²) in [6.07, 6.45) is 8.02. The molecule has 0 aliphatic heterocycles. The maximum Gasteiger partial charge on any atom is 0.0629 e. The minimum Gasteiger partial charge on any atom is -0.271 e. The lowest BCUT2D eigenvalue weighted by Crippen LogP contribution is -2.29. The van der Waals surface area contributed by atoms with Crippen molar-refractivity contribution in [3.05, 3.63) is 18.0 Å². The number of aromatic nitrogens is 2. The van der Waals surface area contributed by atoms with E-state index >= 15 is 0 Å². The first-order valence-electron chi connectivity index (χ1n) is 6.31. The van der Waals surface area contributed by atoms with Crippen molar-refractivity contribution in [1.82, 2.24) is 15.2 Å². The van der Waals surface area contributed by atoms with Gasteiger partial charge in [-0.1, -0.05) is 32.6 Å². The average Bonchev–Trinajstić information content (AvgIpc) is 2.77. The van der Waals surface area contributed by atoms with E-state index in [0.717, 1.165) is 13.0 Å². The second-order valence-corrected chi connectivity index (χ2v) is 4.14. The molecular formula is C12H24N4. The van der Waals surface area contributed by atoms with Gasteiger partial charge in [-0.05, 0) is 19.4 Å². The van der Waals surface area contributed by atoms with E-state index in [1.807, 2.05) is 16.9 Å². The summed E-state index contributed by atoms with van der Waals surface area (Å²) in [7, 11) is 0. The summed E-state index contributed by atoms with van der Waals surface area (Å²) in [6.45, 7) is 5.22. The summed E-state index contributed by atoms with van der Waals surface area (Å²) >= 11 is 0. The van der Waals surface area contributed by atoms with Crippen molar-refractivity contribution < 1.29 is 0 Å². The monoisotopic (exact) mass is 224 g/mol. The van der Waals surface area contributed by atoms with Crippen LogP contribution in [0.3, 0.4) is 0 Å². The summed E-state index contributed by atoms with van der Waals surface area (Å²) in [4.78, 5) is 0. The van der Waals surface area contributed by atoms with Gasteiger partial charge in [0.15, 0.2) is 0 Å². The summed E-state index contributed by atoms with van der Waals surface area (Å²) in [5.41, 5.74) is 4.09. The van der Waals surface area contributed by atoms with Crippen LogP contribution in [0.5, 0.6) is 0 Å². The van der Waals surface area contributed by atoms with Gasteiger partial charge in [0.05, 0.1) is 11.7 Å². The molecule has 0 aliphatic rings. The van der Waals surface area contributed by atoms with Gasteiger partial charge in [0.2, 0.25) is 0 Å². The highest BCUT2D eigenvalue weighted by Crippen LogP contribution is 2.19. The highest BCUT2D eigenvalue weighted by Gasteiger charge is 2.13. The fraction of sp³-hybridized carbons (Fsp3) is 0.750. The number of unbranched alkanes of at least 4 members (excludes halogenated alkanes) is 3. The van der Waals surface area contributed by atoms with Gasteiger partial charge >= 0.3 is 0 Å². The van der Waals surface area contributed by atoms with Crippen LogP contribution >= 0.6 is 0 Å². The zero-order valence-corrected chi connectivity index (χ0v) is 10.4. The van der Waals surface area contributed by atoms with Crippen molar-refractivity contribution in [1.29, 1.82) is 0 Å². The maximum atomic E-state index is 5.61. The van der Waals surface area contributed by atoms with Crippen LogP contribution < -0.4 is 11.3 Å². The van der Waals surface area contributed by atoms with Crippen molar-refractivity contribution in [2.24, 2.45) is 5.84 Å². The molecule has 1 atom stereocenters. The van der Waals surface area contributed by atoms with Gasteiger partial charge < -0.3 is 0 Å². The predicted molar refractivity (Wildman–Crippen MR) is 66.7 cm³/mol. The molecule has 92 valence electrons. The first-order valence-corrected chi connectivity index (χ1v) is 6.31. The van der Waals surface area contributed by atoms with E-state index < -0.39 is 0 Å². The van der Waals surface area contributed by atoms with Crippen LogP contribution in [0.25, 0.3) is 0 Å². The molecule has 1 aromatic heterocycles. The molecule has 0 saturated carbocycles. The lowest BCUT2D eigenvalue weighted by atomic mass is 10.1. The summed E-state index contributed by atoms with van der Waals surface area (Å²) in [5, 5.41) is 4.27. The fourth-order valence-electron chi connectivity index (χ4n) is 1.99. The Labute approximate surface area is 98.2 Å². The summed E-state index contributed by atoms with van der Waals surface area (Å²) in [6, 6.07) is 2.28. The van der Waals surface area contributed by atoms with E-state index in [2.05, 4.69) is 24.4 Å². The molecule has 0 saturated heterocycles. The van der Waals surface area contributed by atoms with Gasteiger partial charge in [0.1, 0.15) is 0 Å². The van der Waals surface area contributed by atoms with Crippen LogP contribution in [0, 0.1) is 0 Å². The minimum absolute atomic E-state index is 0.235. The van der Waals surface area contributed by atoms with Crippen LogP contribution in [0.15, 0.2) is 12.3 Å². The molecule has 0 spiro atoms. The Morgan fingerprint density at radius 2 is 2.19 bits per heavy atom. The molecule has 0 aliphatic carbocycles. The molecule has 4 heteroatoms. The average molecular weight is 224 g/mol. The molecule has 1 rings (SSSR count). The van der Waals surface area contributed by atoms with Gasteiger partial charge in [0, 0.05) is 12.7 Å². The van der Waals surface area contributed by atoms with Crippen molar-refractivity contribution in [3.8, 4) is 0 Å². The SMILES string of the molecule is CCCCCCC(NN)c1ccnn1CC. The summed E-state index contributed by atoms with van der Waals surface area (Å²) in [5.74, 6) is 5.61. The second kappa shape index (κ2) is 7.41. The highest BCUT2D eigenvalue weighted by atomic mass is 15.3. The highest BCUT2D eigenvalue weighted by molar-refractivity contribution is 5.06. The number of rotatable bonds is 8. The van der Waals surface area contributed by atoms with E-state index in [-0.39, 0.29) is 6.04 Å². The van der Waals surface area contributed by atoms with E-state index in [1.54, 1.807) is 0 Å². The largest absolute Gasteiger partial charge is 0.271 e. The number of aryl methyl sites for hydroxylation is 1. The standard InChI is InChI=1S/C12H24N4/c1-3-5-6-7-8-11(15-13)12-9-10-14-16(12)4-2/h9-11,15H,3-8,13H2,1-2H3. The molecule has 1 heterocycles. The van der Waals surface area contributed by atoms with Crippen LogP contribution in [0.1, 0.15) is 57.7 Å². The molecule has 0 aromatic carbocycles. The molecule has 0 fully saturated rings. The van der Waals surface area contributed by atoms with Crippen LogP contribution in [0.2, 0.25) is 0 Å². The zero-order valence-electron chi connectivity index (χ0n) is 10.4. The molecular weight excluding hydrogens is 200 g/mol. The predicted octanol–water partition coefficient (Wildman–Crippen LogP) is 2.38. The smallest absolute Gasteiger partial charge is 0.0629 e. The zero-order chi connectivity index (χ0) is 11.8. The third-order valence-corrected chi connectivity index (χ3v) is 2.95. The maximum absolute atomic E-state index is 5.61. The van der Waals surface area contributed by atoms with E-state index in [9.17, 15) is 0 Å². The van der Waals surface area contributed by atoms with Crippen LogP contribution in [-0.4, -0.2) is 9.78 Å². The molecule has 0 bridgehead atoms. The first kappa shape index (κ1) is 13.2. The molecule has 1 unspecified atom stereocenters. The molecule has 16 heavy (non-hydrogen) atoms. The normalized spacial score (nSPS) is 12.9. The van der Waals surface area contributed by atoms with Crippen molar-refractivity contribution >= 4 is 0 Å². The Balaban J connectivity index is 2.47. The lowest BCUT2D eigenvalue weighted by Gasteiger charge is -2.16. The third kappa shape index (κ3) is 3.61. The van der Waals surface area contributed by atoms with Crippen molar-refractivity contribution in [2.45, 2.75) is 58.5 Å². The van der Waals surface area contributed by atoms with Gasteiger partial charge in [0.25, 0.3) is 0 Å². The van der Waals surface area contributed by atoms with Crippen LogP contribution in [0.4, 0.5) is 0 Å². The lowest BCUT2D eigenvalue weighted by molar-refractivity contribution is 0.445. The number of hydrogen-bond acceptors (Lipinski definition) is 3. The van der Waals surface area contributed by atoms with Crippen molar-refractivity contribution in [2.75, 3.05) is 0 Å². The Hall–Kier alpha value is -0.870. The first-order chi connectivity index (χ1) is 7.83. The molecule has 4 nitrogen and oxygen atoms in total. The molecule has 1 aromatic rings. The Bertz CT molecular complexity index is 282. The Morgan fingerprint density at radius 1 is 1.38 bits per heavy atom. The van der Waals surface area contributed by atoms with E-state index in [1.165, 1.54) is 31.4 Å². The number of hydrazine groups is 1. The quantitative estimate of drug-likeness (QED) is 0.405.